The van der Waals surface area contributed by atoms with E-state index in [4.69, 9.17) is 11.6 Å². The van der Waals surface area contributed by atoms with Crippen LogP contribution in [-0.4, -0.2) is 26.4 Å². The van der Waals surface area contributed by atoms with Crippen LogP contribution in [0.15, 0.2) is 47.5 Å². The zero-order valence-electron chi connectivity index (χ0n) is 16.7. The minimum Gasteiger partial charge on any atom is -0.325 e. The molecule has 0 fully saturated rings. The average molecular weight is 459 g/mol. The maximum Gasteiger partial charge on any atom is 0.234 e. The molecule has 0 bridgehead atoms. The Morgan fingerprint density at radius 3 is 3.13 bits per heavy atom. The Hall–Kier alpha value is -2.09. The van der Waals surface area contributed by atoms with Crippen molar-refractivity contribution < 1.29 is 4.79 Å². The summed E-state index contributed by atoms with van der Waals surface area (Å²) in [6, 6.07) is 7.12. The van der Waals surface area contributed by atoms with Crippen LogP contribution < -0.4 is 5.32 Å². The number of rotatable bonds is 7. The fourth-order valence-electron chi connectivity index (χ4n) is 3.65. The number of nitrogens with one attached hydrogen (secondary N) is 1. The van der Waals surface area contributed by atoms with Gasteiger partial charge in [0.1, 0.15) is 0 Å². The number of thioether (sulfide) groups is 1. The maximum absolute atomic E-state index is 12.4. The van der Waals surface area contributed by atoms with Gasteiger partial charge < -0.3 is 5.32 Å². The molecule has 1 aromatic carbocycles. The van der Waals surface area contributed by atoms with Crippen LogP contribution in [0.25, 0.3) is 11.4 Å². The van der Waals surface area contributed by atoms with Crippen LogP contribution in [0.2, 0.25) is 5.02 Å². The summed E-state index contributed by atoms with van der Waals surface area (Å²) in [5.41, 5.74) is 3.26. The molecule has 1 atom stereocenters. The standard InChI is InChI=1S/C22H23ClN4OS2/c1-3-9-27-21(18-12-29-19-10-14(2)7-8-17(18)19)25-26-22(27)30-13-20(28)24-16-6-4-5-15(23)11-16/h3-6,11-12,14H,1,7-10,13H2,2H3,(H,24,28)/t14-/m0/s1. The first kappa shape index (κ1) is 21.2. The lowest BCUT2D eigenvalue weighted by Crippen LogP contribution is -2.14. The Labute approximate surface area is 189 Å². The second-order valence-electron chi connectivity index (χ2n) is 7.45. The normalized spacial score (nSPS) is 15.6. The van der Waals surface area contributed by atoms with E-state index >= 15 is 0 Å². The van der Waals surface area contributed by atoms with Gasteiger partial charge in [0.05, 0.1) is 5.75 Å². The van der Waals surface area contributed by atoms with Crippen molar-refractivity contribution in [2.75, 3.05) is 11.1 Å². The summed E-state index contributed by atoms with van der Waals surface area (Å²) < 4.78 is 2.05. The van der Waals surface area contributed by atoms with Gasteiger partial charge in [-0.05, 0) is 48.9 Å². The van der Waals surface area contributed by atoms with E-state index in [9.17, 15) is 4.79 Å². The molecule has 1 aliphatic rings. The molecule has 0 unspecified atom stereocenters. The fraction of sp³-hybridized carbons (Fsp3) is 0.318. The first-order valence-corrected chi connectivity index (χ1v) is 12.1. The lowest BCUT2D eigenvalue weighted by molar-refractivity contribution is -0.113. The van der Waals surface area contributed by atoms with Crippen molar-refractivity contribution in [2.24, 2.45) is 5.92 Å². The second-order valence-corrected chi connectivity index (χ2v) is 9.79. The molecule has 2 aromatic heterocycles. The van der Waals surface area contributed by atoms with Gasteiger partial charge in [-0.1, -0.05) is 42.4 Å². The summed E-state index contributed by atoms with van der Waals surface area (Å²) in [6.45, 7) is 6.79. The predicted molar refractivity (Wildman–Crippen MR) is 126 cm³/mol. The summed E-state index contributed by atoms with van der Waals surface area (Å²) in [7, 11) is 0. The molecule has 30 heavy (non-hydrogen) atoms. The predicted octanol–water partition coefficient (Wildman–Crippen LogP) is 5.70. The highest BCUT2D eigenvalue weighted by Gasteiger charge is 2.24. The number of hydrogen-bond donors (Lipinski definition) is 1. The van der Waals surface area contributed by atoms with Crippen LogP contribution in [0.5, 0.6) is 0 Å². The van der Waals surface area contributed by atoms with E-state index in [-0.39, 0.29) is 11.7 Å². The minimum absolute atomic E-state index is 0.112. The summed E-state index contributed by atoms with van der Waals surface area (Å²) in [4.78, 5) is 13.8. The molecule has 0 aliphatic heterocycles. The smallest absolute Gasteiger partial charge is 0.234 e. The quantitative estimate of drug-likeness (QED) is 0.364. The number of amides is 1. The summed E-state index contributed by atoms with van der Waals surface area (Å²) in [6.07, 6.45) is 5.27. The number of allylic oxidation sites excluding steroid dienone is 1. The molecule has 0 spiro atoms. The van der Waals surface area contributed by atoms with Gasteiger partial charge in [-0.15, -0.1) is 28.1 Å². The van der Waals surface area contributed by atoms with Crippen LogP contribution in [0.3, 0.4) is 0 Å². The van der Waals surface area contributed by atoms with E-state index in [1.54, 1.807) is 18.2 Å². The Kier molecular flexibility index (Phi) is 6.61. The highest BCUT2D eigenvalue weighted by Crippen LogP contribution is 2.38. The summed E-state index contributed by atoms with van der Waals surface area (Å²) in [5, 5.41) is 15.2. The molecule has 2 heterocycles. The summed E-state index contributed by atoms with van der Waals surface area (Å²) in [5.74, 6) is 1.72. The van der Waals surface area contributed by atoms with Crippen LogP contribution in [0.1, 0.15) is 23.8 Å². The Morgan fingerprint density at radius 1 is 1.47 bits per heavy atom. The molecular weight excluding hydrogens is 436 g/mol. The number of benzene rings is 1. The van der Waals surface area contributed by atoms with E-state index in [2.05, 4.69) is 34.4 Å². The highest BCUT2D eigenvalue weighted by atomic mass is 35.5. The third kappa shape index (κ3) is 4.63. The lowest BCUT2D eigenvalue weighted by Gasteiger charge is -2.19. The number of carbonyl (C=O) groups is 1. The van der Waals surface area contributed by atoms with Crippen molar-refractivity contribution in [1.29, 1.82) is 0 Å². The van der Waals surface area contributed by atoms with Crippen molar-refractivity contribution in [1.82, 2.24) is 14.8 Å². The third-order valence-corrected chi connectivity index (χ3v) is 7.36. The van der Waals surface area contributed by atoms with E-state index in [0.717, 1.165) is 29.7 Å². The molecule has 1 N–H and O–H groups in total. The third-order valence-electron chi connectivity index (χ3n) is 5.11. The van der Waals surface area contributed by atoms with E-state index in [1.807, 2.05) is 28.0 Å². The molecule has 0 saturated carbocycles. The molecule has 1 amide bonds. The number of fused-ring (bicyclic) bond motifs is 1. The largest absolute Gasteiger partial charge is 0.325 e. The van der Waals surface area contributed by atoms with Gasteiger partial charge in [-0.3, -0.25) is 9.36 Å². The van der Waals surface area contributed by atoms with Gasteiger partial charge in [0.15, 0.2) is 11.0 Å². The van der Waals surface area contributed by atoms with Crippen LogP contribution in [-0.2, 0) is 24.2 Å². The van der Waals surface area contributed by atoms with Crippen molar-refractivity contribution >= 4 is 46.3 Å². The number of aromatic nitrogens is 3. The maximum atomic E-state index is 12.4. The number of carbonyl (C=O) groups excluding carboxylic acids is 1. The number of thiophene rings is 1. The molecule has 4 rings (SSSR count). The Bertz CT molecular complexity index is 1080. The Morgan fingerprint density at radius 2 is 2.33 bits per heavy atom. The van der Waals surface area contributed by atoms with Gasteiger partial charge in [-0.25, -0.2) is 0 Å². The molecule has 3 aromatic rings. The highest BCUT2D eigenvalue weighted by molar-refractivity contribution is 7.99. The van der Waals surface area contributed by atoms with Gasteiger partial charge in [-0.2, -0.15) is 0 Å². The number of halogens is 1. The van der Waals surface area contributed by atoms with Crippen LogP contribution in [0, 0.1) is 5.92 Å². The van der Waals surface area contributed by atoms with Gasteiger partial charge in [0.2, 0.25) is 5.91 Å². The molecule has 5 nitrogen and oxygen atoms in total. The van der Waals surface area contributed by atoms with Crippen LogP contribution in [0.4, 0.5) is 5.69 Å². The molecular formula is C22H23ClN4OS2. The topological polar surface area (TPSA) is 59.8 Å². The van der Waals surface area contributed by atoms with Gasteiger partial charge in [0.25, 0.3) is 0 Å². The first-order valence-electron chi connectivity index (χ1n) is 9.87. The van der Waals surface area contributed by atoms with E-state index < -0.39 is 0 Å². The first-order chi connectivity index (χ1) is 14.5. The second kappa shape index (κ2) is 9.37. The lowest BCUT2D eigenvalue weighted by atomic mass is 9.88. The van der Waals surface area contributed by atoms with Crippen LogP contribution >= 0.6 is 34.7 Å². The van der Waals surface area contributed by atoms with Crippen molar-refractivity contribution in [3.8, 4) is 11.4 Å². The van der Waals surface area contributed by atoms with Crippen molar-refractivity contribution in [3.05, 3.63) is 57.8 Å². The zero-order valence-corrected chi connectivity index (χ0v) is 19.1. The SMILES string of the molecule is C=CCn1c(SCC(=O)Nc2cccc(Cl)c2)nnc1-c1csc2c1CC[C@H](C)C2. The Balaban J connectivity index is 1.50. The fourth-order valence-corrected chi connectivity index (χ4v) is 5.83. The van der Waals surface area contributed by atoms with Gasteiger partial charge in [0, 0.05) is 33.1 Å². The molecule has 156 valence electrons. The molecule has 0 radical (unpaired) electrons. The number of hydrogen-bond acceptors (Lipinski definition) is 5. The molecule has 1 aliphatic carbocycles. The van der Waals surface area contributed by atoms with Crippen molar-refractivity contribution in [3.63, 3.8) is 0 Å². The average Bonchev–Trinajstić information content (AvgIpc) is 3.30. The molecule has 0 saturated heterocycles. The van der Waals surface area contributed by atoms with E-state index in [0.29, 0.717) is 17.3 Å². The minimum atomic E-state index is -0.112. The van der Waals surface area contributed by atoms with Gasteiger partial charge >= 0.3 is 0 Å². The number of nitrogens with zero attached hydrogens (tertiary/aromatic N) is 3. The number of anilines is 1. The van der Waals surface area contributed by atoms with E-state index in [1.165, 1.54) is 34.2 Å². The summed E-state index contributed by atoms with van der Waals surface area (Å²) >= 11 is 9.17. The zero-order chi connectivity index (χ0) is 21.1. The molecule has 8 heteroatoms. The van der Waals surface area contributed by atoms with Crippen molar-refractivity contribution in [2.45, 2.75) is 37.9 Å². The monoisotopic (exact) mass is 458 g/mol.